The molecule has 4 aliphatic rings. The van der Waals surface area contributed by atoms with Crippen molar-refractivity contribution in [2.45, 2.75) is 61.6 Å². The van der Waals surface area contributed by atoms with Crippen LogP contribution in [0.25, 0.3) is 0 Å². The number of likely N-dealkylation sites (N-methyl/N-ethyl adjacent to an activating group) is 1. The van der Waals surface area contributed by atoms with Gasteiger partial charge in [-0.25, -0.2) is 9.59 Å². The maximum atomic E-state index is 13.5. The number of hydrogen-bond donors (Lipinski definition) is 2. The summed E-state index contributed by atoms with van der Waals surface area (Å²) in [6.45, 7) is 2.01. The average Bonchev–Trinajstić information content (AvgIpc) is 3.27. The second-order valence-electron chi connectivity index (χ2n) is 10.6. The van der Waals surface area contributed by atoms with Crippen LogP contribution >= 0.6 is 0 Å². The van der Waals surface area contributed by atoms with Gasteiger partial charge < -0.3 is 34.1 Å². The number of ether oxygens (including phenoxy) is 4. The number of rotatable bonds is 6. The highest BCUT2D eigenvalue weighted by molar-refractivity contribution is 5.83. The van der Waals surface area contributed by atoms with Crippen LogP contribution in [0.1, 0.15) is 42.6 Å². The van der Waals surface area contributed by atoms with E-state index < -0.39 is 41.3 Å². The molecule has 0 amide bonds. The molecule has 0 radical (unpaired) electrons. The van der Waals surface area contributed by atoms with Crippen LogP contribution < -0.4 is 9.47 Å². The molecule has 2 aliphatic carbocycles. The van der Waals surface area contributed by atoms with Crippen LogP contribution in [-0.4, -0.2) is 71.6 Å². The van der Waals surface area contributed by atoms with Crippen molar-refractivity contribution in [2.75, 3.05) is 20.7 Å². The van der Waals surface area contributed by atoms with E-state index in [9.17, 15) is 19.8 Å². The van der Waals surface area contributed by atoms with E-state index in [1.807, 2.05) is 19.2 Å². The number of piperidine rings is 1. The molecule has 2 aromatic rings. The molecule has 200 valence electrons. The highest BCUT2D eigenvalue weighted by Gasteiger charge is 2.72. The van der Waals surface area contributed by atoms with Gasteiger partial charge in [0, 0.05) is 23.6 Å². The standard InChI is InChI=1S/C29H31NO8/c1-16(31)26(32)38-23(17-7-5-4-6-8-17)27(33)36-20-11-12-29(34)21-15-18-9-10-19(35-3)24-22(18)28(29,25(20)37-24)13-14-30(21)2/h4-11,16,21,23,25,31,34H,12-15H2,1-3H3/t16-,21-,23-,25-,28-,29+/m0/s1. The second-order valence-corrected chi connectivity index (χ2v) is 10.6. The fraction of sp³-hybridized carbons (Fsp3) is 0.448. The number of carbonyl (C=O) groups is 2. The van der Waals surface area contributed by atoms with E-state index in [1.54, 1.807) is 43.5 Å². The minimum Gasteiger partial charge on any atom is -0.493 e. The summed E-state index contributed by atoms with van der Waals surface area (Å²) in [4.78, 5) is 28.0. The summed E-state index contributed by atoms with van der Waals surface area (Å²) < 4.78 is 23.5. The quantitative estimate of drug-likeness (QED) is 0.552. The molecule has 2 heterocycles. The van der Waals surface area contributed by atoms with Crippen molar-refractivity contribution in [3.63, 3.8) is 0 Å². The lowest BCUT2D eigenvalue weighted by molar-refractivity contribution is -0.178. The molecule has 6 rings (SSSR count). The first-order valence-corrected chi connectivity index (χ1v) is 12.9. The molecule has 0 saturated carbocycles. The summed E-state index contributed by atoms with van der Waals surface area (Å²) in [7, 11) is 3.60. The predicted octanol–water partition coefficient (Wildman–Crippen LogP) is 2.18. The number of carbonyl (C=O) groups excluding carboxylic acids is 2. The van der Waals surface area contributed by atoms with Gasteiger partial charge in [-0.15, -0.1) is 0 Å². The first-order chi connectivity index (χ1) is 18.2. The Balaban J connectivity index is 1.40. The van der Waals surface area contributed by atoms with Crippen molar-refractivity contribution in [3.05, 3.63) is 71.0 Å². The summed E-state index contributed by atoms with van der Waals surface area (Å²) in [5.41, 5.74) is 0.461. The van der Waals surface area contributed by atoms with Crippen molar-refractivity contribution < 1.29 is 38.7 Å². The van der Waals surface area contributed by atoms with Gasteiger partial charge in [0.2, 0.25) is 6.10 Å². The van der Waals surface area contributed by atoms with Crippen molar-refractivity contribution >= 4 is 11.9 Å². The fourth-order valence-corrected chi connectivity index (χ4v) is 6.85. The predicted molar refractivity (Wildman–Crippen MR) is 135 cm³/mol. The average molecular weight is 522 g/mol. The number of nitrogens with zero attached hydrogens (tertiary/aromatic N) is 1. The smallest absolute Gasteiger partial charge is 0.357 e. The largest absolute Gasteiger partial charge is 0.493 e. The van der Waals surface area contributed by atoms with Crippen LogP contribution in [0.5, 0.6) is 11.5 Å². The van der Waals surface area contributed by atoms with Crippen molar-refractivity contribution in [3.8, 4) is 11.5 Å². The minimum absolute atomic E-state index is 0.133. The molecule has 38 heavy (non-hydrogen) atoms. The van der Waals surface area contributed by atoms with E-state index in [-0.39, 0.29) is 18.2 Å². The van der Waals surface area contributed by atoms with E-state index in [0.29, 0.717) is 29.9 Å². The zero-order valence-electron chi connectivity index (χ0n) is 21.5. The maximum Gasteiger partial charge on any atom is 0.357 e. The van der Waals surface area contributed by atoms with Gasteiger partial charge in [-0.1, -0.05) is 36.4 Å². The summed E-state index contributed by atoms with van der Waals surface area (Å²) in [5, 5.41) is 22.0. The minimum atomic E-state index is -1.41. The molecule has 1 saturated heterocycles. The molecule has 9 heteroatoms. The number of methoxy groups -OCH3 is 1. The van der Waals surface area contributed by atoms with Gasteiger partial charge in [0.25, 0.3) is 0 Å². The monoisotopic (exact) mass is 521 g/mol. The lowest BCUT2D eigenvalue weighted by atomic mass is 9.50. The molecular formula is C29H31NO8. The molecule has 2 N–H and O–H groups in total. The number of esters is 2. The summed E-state index contributed by atoms with van der Waals surface area (Å²) in [6.07, 6.45) is -0.306. The van der Waals surface area contributed by atoms with E-state index >= 15 is 0 Å². The Morgan fingerprint density at radius 2 is 1.92 bits per heavy atom. The normalized spacial score (nSPS) is 30.3. The number of benzene rings is 2. The Labute approximate surface area is 220 Å². The third kappa shape index (κ3) is 3.35. The Hall–Kier alpha value is -3.40. The van der Waals surface area contributed by atoms with Gasteiger partial charge in [0.15, 0.2) is 17.6 Å². The Morgan fingerprint density at radius 1 is 1.16 bits per heavy atom. The van der Waals surface area contributed by atoms with Crippen molar-refractivity contribution in [1.29, 1.82) is 0 Å². The highest BCUT2D eigenvalue weighted by atomic mass is 16.6. The molecular weight excluding hydrogens is 490 g/mol. The van der Waals surface area contributed by atoms with Crippen molar-refractivity contribution in [1.82, 2.24) is 4.90 Å². The Bertz CT molecular complexity index is 1320. The first kappa shape index (κ1) is 24.9. The molecule has 1 fully saturated rings. The molecule has 2 bridgehead atoms. The number of hydrogen-bond acceptors (Lipinski definition) is 9. The van der Waals surface area contributed by atoms with E-state index in [2.05, 4.69) is 4.90 Å². The maximum absolute atomic E-state index is 13.5. The molecule has 1 spiro atoms. The molecule has 2 aliphatic heterocycles. The van der Waals surface area contributed by atoms with Crippen LogP contribution in [0.3, 0.4) is 0 Å². The van der Waals surface area contributed by atoms with Crippen LogP contribution in [0.4, 0.5) is 0 Å². The number of aliphatic hydroxyl groups is 2. The molecule has 0 unspecified atom stereocenters. The van der Waals surface area contributed by atoms with Crippen LogP contribution in [0.15, 0.2) is 54.3 Å². The Kier molecular flexibility index (Phi) is 5.79. The summed E-state index contributed by atoms with van der Waals surface area (Å²) in [5.74, 6) is -0.356. The van der Waals surface area contributed by atoms with E-state index in [0.717, 1.165) is 17.7 Å². The zero-order valence-corrected chi connectivity index (χ0v) is 21.5. The lowest BCUT2D eigenvalue weighted by Crippen LogP contribution is -2.74. The number of likely N-dealkylation sites (tertiary alicyclic amines) is 1. The topological polar surface area (TPSA) is 115 Å². The van der Waals surface area contributed by atoms with Crippen LogP contribution in [-0.2, 0) is 30.9 Å². The highest BCUT2D eigenvalue weighted by Crippen LogP contribution is 2.65. The second kappa shape index (κ2) is 8.83. The molecule has 9 nitrogen and oxygen atoms in total. The third-order valence-corrected chi connectivity index (χ3v) is 8.67. The van der Waals surface area contributed by atoms with E-state index in [1.165, 1.54) is 6.92 Å². The fourth-order valence-electron chi connectivity index (χ4n) is 6.85. The van der Waals surface area contributed by atoms with Gasteiger partial charge in [-0.05, 0) is 51.1 Å². The van der Waals surface area contributed by atoms with E-state index in [4.69, 9.17) is 18.9 Å². The van der Waals surface area contributed by atoms with Crippen LogP contribution in [0, 0.1) is 0 Å². The number of aliphatic hydroxyl groups excluding tert-OH is 1. The SMILES string of the molecule is COc1ccc2c3c1O[C@H]1C(OC(=O)[C@@H](OC(=O)[C@H](C)O)c4ccccc4)=CC[C@@]4(O)[C@H](C2)N(C)CC[C@]314. The third-order valence-electron chi connectivity index (χ3n) is 8.67. The first-order valence-electron chi connectivity index (χ1n) is 12.9. The van der Waals surface area contributed by atoms with Gasteiger partial charge in [-0.2, -0.15) is 0 Å². The summed E-state index contributed by atoms with van der Waals surface area (Å²) >= 11 is 0. The van der Waals surface area contributed by atoms with Gasteiger partial charge >= 0.3 is 11.9 Å². The van der Waals surface area contributed by atoms with Crippen molar-refractivity contribution in [2.24, 2.45) is 0 Å². The van der Waals surface area contributed by atoms with Gasteiger partial charge in [0.1, 0.15) is 11.9 Å². The Morgan fingerprint density at radius 3 is 2.63 bits per heavy atom. The zero-order chi connectivity index (χ0) is 26.8. The lowest BCUT2D eigenvalue weighted by Gasteiger charge is -2.61. The van der Waals surface area contributed by atoms with Crippen LogP contribution in [0.2, 0.25) is 0 Å². The molecule has 2 aromatic carbocycles. The summed E-state index contributed by atoms with van der Waals surface area (Å²) in [6, 6.07) is 12.3. The van der Waals surface area contributed by atoms with Gasteiger partial charge in [-0.3, -0.25) is 0 Å². The molecule has 6 atom stereocenters. The molecule has 0 aromatic heterocycles. The van der Waals surface area contributed by atoms with Gasteiger partial charge in [0.05, 0.1) is 18.1 Å².